The summed E-state index contributed by atoms with van der Waals surface area (Å²) in [5.74, 6) is 0.541. The molecule has 2 atom stereocenters. The number of hydrogen-bond acceptors (Lipinski definition) is 4. The quantitative estimate of drug-likeness (QED) is 0.775. The highest BCUT2D eigenvalue weighted by Crippen LogP contribution is 2.50. The van der Waals surface area contributed by atoms with Gasteiger partial charge >= 0.3 is 0 Å². The molecule has 0 bridgehead atoms. The van der Waals surface area contributed by atoms with E-state index in [0.717, 1.165) is 37.6 Å². The minimum atomic E-state index is -0.304. The molecule has 1 aromatic heterocycles. The summed E-state index contributed by atoms with van der Waals surface area (Å²) in [6, 6.07) is 10.5. The zero-order valence-electron chi connectivity index (χ0n) is 14.3. The van der Waals surface area contributed by atoms with Crippen molar-refractivity contribution >= 4 is 17.2 Å². The van der Waals surface area contributed by atoms with Crippen molar-refractivity contribution in [3.8, 4) is 0 Å². The van der Waals surface area contributed by atoms with Crippen LogP contribution < -0.4 is 0 Å². The van der Waals surface area contributed by atoms with E-state index in [1.165, 1.54) is 5.56 Å². The van der Waals surface area contributed by atoms with E-state index in [1.54, 1.807) is 11.3 Å². The Morgan fingerprint density at radius 2 is 2.20 bits per heavy atom. The molecule has 2 fully saturated rings. The van der Waals surface area contributed by atoms with Gasteiger partial charge in [-0.2, -0.15) is 0 Å². The van der Waals surface area contributed by atoms with Gasteiger partial charge in [-0.25, -0.2) is 4.98 Å². The highest BCUT2D eigenvalue weighted by Gasteiger charge is 2.56. The largest absolute Gasteiger partial charge is 0.338 e. The van der Waals surface area contributed by atoms with Crippen LogP contribution in [-0.4, -0.2) is 46.9 Å². The van der Waals surface area contributed by atoms with Gasteiger partial charge in [0.2, 0.25) is 5.91 Å². The lowest BCUT2D eigenvalue weighted by Gasteiger charge is -2.29. The van der Waals surface area contributed by atoms with E-state index in [0.29, 0.717) is 12.5 Å². The first-order valence-corrected chi connectivity index (χ1v) is 9.67. The molecular formula is C20H23N3OS. The standard InChI is InChI=1S/C20H23N3OS/c1-2-10-23-11-8-20(19(23)24)15-22(14-18-21-9-12-25-18)13-17(20)16-6-4-3-5-7-16/h2-7,9,12,17H,1,8,10-11,13-15H2/t17-,20+/m1/s1. The SMILES string of the molecule is C=CCN1CC[C@@]2(CN(Cc3nccs3)C[C@@H]2c2ccccc2)C1=O. The highest BCUT2D eigenvalue weighted by molar-refractivity contribution is 7.09. The highest BCUT2D eigenvalue weighted by atomic mass is 32.1. The normalized spacial score (nSPS) is 26.6. The fourth-order valence-corrected chi connectivity index (χ4v) is 5.07. The van der Waals surface area contributed by atoms with Gasteiger partial charge in [0.05, 0.1) is 12.0 Å². The van der Waals surface area contributed by atoms with Crippen molar-refractivity contribution in [3.63, 3.8) is 0 Å². The van der Waals surface area contributed by atoms with E-state index < -0.39 is 0 Å². The number of carbonyl (C=O) groups is 1. The summed E-state index contributed by atoms with van der Waals surface area (Å²) in [7, 11) is 0. The van der Waals surface area contributed by atoms with Gasteiger partial charge in [-0.3, -0.25) is 9.69 Å². The lowest BCUT2D eigenvalue weighted by atomic mass is 9.73. The van der Waals surface area contributed by atoms with Gasteiger partial charge in [0.25, 0.3) is 0 Å². The third kappa shape index (κ3) is 2.92. The number of likely N-dealkylation sites (tertiary alicyclic amines) is 2. The first-order valence-electron chi connectivity index (χ1n) is 8.79. The monoisotopic (exact) mass is 353 g/mol. The minimum absolute atomic E-state index is 0.246. The number of nitrogens with zero attached hydrogens (tertiary/aromatic N) is 3. The van der Waals surface area contributed by atoms with E-state index in [-0.39, 0.29) is 11.3 Å². The van der Waals surface area contributed by atoms with Gasteiger partial charge in [-0.05, 0) is 12.0 Å². The molecule has 130 valence electrons. The van der Waals surface area contributed by atoms with E-state index in [2.05, 4.69) is 40.7 Å². The summed E-state index contributed by atoms with van der Waals surface area (Å²) in [4.78, 5) is 22.1. The zero-order chi connectivity index (χ0) is 17.3. The Hall–Kier alpha value is -1.98. The summed E-state index contributed by atoms with van der Waals surface area (Å²) < 4.78 is 0. The first kappa shape index (κ1) is 16.5. The number of rotatable bonds is 5. The number of hydrogen-bond donors (Lipinski definition) is 0. The van der Waals surface area contributed by atoms with Crippen molar-refractivity contribution < 1.29 is 4.79 Å². The maximum atomic E-state index is 13.3. The molecule has 3 heterocycles. The molecule has 2 aliphatic heterocycles. The van der Waals surface area contributed by atoms with Crippen LogP contribution in [0.5, 0.6) is 0 Å². The Labute approximate surface area is 152 Å². The molecule has 2 aliphatic rings. The molecule has 4 rings (SSSR count). The van der Waals surface area contributed by atoms with Gasteiger partial charge in [-0.1, -0.05) is 36.4 Å². The van der Waals surface area contributed by atoms with Crippen LogP contribution in [-0.2, 0) is 11.3 Å². The predicted molar refractivity (Wildman–Crippen MR) is 100 cm³/mol. The molecule has 0 radical (unpaired) electrons. The molecule has 5 heteroatoms. The van der Waals surface area contributed by atoms with Gasteiger partial charge in [0, 0.05) is 43.7 Å². The fraction of sp³-hybridized carbons (Fsp3) is 0.400. The van der Waals surface area contributed by atoms with Gasteiger partial charge in [0.15, 0.2) is 0 Å². The Kier molecular flexibility index (Phi) is 4.44. The molecule has 1 spiro atoms. The average Bonchev–Trinajstić information content (AvgIpc) is 3.34. The molecule has 25 heavy (non-hydrogen) atoms. The molecule has 4 nitrogen and oxygen atoms in total. The van der Waals surface area contributed by atoms with Crippen LogP contribution in [0.2, 0.25) is 0 Å². The molecule has 2 saturated heterocycles. The average molecular weight is 353 g/mol. The van der Waals surface area contributed by atoms with Crippen LogP contribution in [0.25, 0.3) is 0 Å². The van der Waals surface area contributed by atoms with Crippen LogP contribution >= 0.6 is 11.3 Å². The molecule has 0 unspecified atom stereocenters. The second-order valence-electron chi connectivity index (χ2n) is 7.00. The van der Waals surface area contributed by atoms with E-state index in [4.69, 9.17) is 0 Å². The molecule has 0 N–H and O–H groups in total. The summed E-state index contributed by atoms with van der Waals surface area (Å²) in [5.41, 5.74) is 0.972. The third-order valence-corrected chi connectivity index (χ3v) is 6.31. The number of thiazole rings is 1. The maximum absolute atomic E-state index is 13.3. The molecule has 1 aromatic carbocycles. The topological polar surface area (TPSA) is 36.4 Å². The number of carbonyl (C=O) groups excluding carboxylic acids is 1. The Balaban J connectivity index is 1.64. The van der Waals surface area contributed by atoms with Crippen LogP contribution in [0.4, 0.5) is 0 Å². The lowest BCUT2D eigenvalue weighted by Crippen LogP contribution is -2.39. The van der Waals surface area contributed by atoms with E-state index in [9.17, 15) is 4.79 Å². The van der Waals surface area contributed by atoms with Crippen molar-refractivity contribution in [2.75, 3.05) is 26.2 Å². The van der Waals surface area contributed by atoms with Gasteiger partial charge in [0.1, 0.15) is 5.01 Å². The molecule has 1 amide bonds. The van der Waals surface area contributed by atoms with Crippen LogP contribution in [0, 0.1) is 5.41 Å². The van der Waals surface area contributed by atoms with Gasteiger partial charge in [-0.15, -0.1) is 17.9 Å². The van der Waals surface area contributed by atoms with Crippen molar-refractivity contribution in [2.45, 2.75) is 18.9 Å². The summed E-state index contributed by atoms with van der Waals surface area (Å²) >= 11 is 1.69. The smallest absolute Gasteiger partial charge is 0.231 e. The van der Waals surface area contributed by atoms with Crippen molar-refractivity contribution in [1.82, 2.24) is 14.8 Å². The van der Waals surface area contributed by atoms with Crippen LogP contribution in [0.1, 0.15) is 22.9 Å². The summed E-state index contributed by atoms with van der Waals surface area (Å²) in [5, 5.41) is 3.14. The lowest BCUT2D eigenvalue weighted by molar-refractivity contribution is -0.135. The van der Waals surface area contributed by atoms with Crippen LogP contribution in [0.15, 0.2) is 54.6 Å². The Morgan fingerprint density at radius 1 is 1.36 bits per heavy atom. The first-order chi connectivity index (χ1) is 12.2. The van der Waals surface area contributed by atoms with Gasteiger partial charge < -0.3 is 4.90 Å². The van der Waals surface area contributed by atoms with E-state index in [1.807, 2.05) is 28.6 Å². The molecular weight excluding hydrogens is 330 g/mol. The molecule has 0 aliphatic carbocycles. The number of aromatic nitrogens is 1. The second-order valence-corrected chi connectivity index (χ2v) is 7.98. The van der Waals surface area contributed by atoms with Crippen molar-refractivity contribution in [3.05, 3.63) is 65.1 Å². The second kappa shape index (κ2) is 6.73. The van der Waals surface area contributed by atoms with Crippen molar-refractivity contribution in [2.24, 2.45) is 5.41 Å². The number of benzene rings is 1. The van der Waals surface area contributed by atoms with E-state index >= 15 is 0 Å². The zero-order valence-corrected chi connectivity index (χ0v) is 15.1. The molecule has 2 aromatic rings. The summed E-state index contributed by atoms with van der Waals surface area (Å²) in [6.45, 7) is 7.85. The predicted octanol–water partition coefficient (Wildman–Crippen LogP) is 3.15. The van der Waals surface area contributed by atoms with Crippen LogP contribution in [0.3, 0.4) is 0 Å². The number of amides is 1. The Bertz CT molecular complexity index is 746. The Morgan fingerprint density at radius 3 is 2.92 bits per heavy atom. The third-order valence-electron chi connectivity index (χ3n) is 5.55. The maximum Gasteiger partial charge on any atom is 0.231 e. The van der Waals surface area contributed by atoms with Crippen molar-refractivity contribution in [1.29, 1.82) is 0 Å². The fourth-order valence-electron chi connectivity index (χ4n) is 4.42. The molecule has 0 saturated carbocycles. The summed E-state index contributed by atoms with van der Waals surface area (Å²) in [6.07, 6.45) is 4.61. The minimum Gasteiger partial charge on any atom is -0.338 e.